The summed E-state index contributed by atoms with van der Waals surface area (Å²) < 4.78 is 15.6. The highest BCUT2D eigenvalue weighted by Crippen LogP contribution is 2.24. The number of carbonyl (C=O) groups excluding carboxylic acids is 2. The van der Waals surface area contributed by atoms with E-state index in [1.807, 2.05) is 30.3 Å². The summed E-state index contributed by atoms with van der Waals surface area (Å²) in [6.45, 7) is 0.151. The van der Waals surface area contributed by atoms with Crippen LogP contribution in [0.4, 0.5) is 10.5 Å². The van der Waals surface area contributed by atoms with Crippen LogP contribution in [0.5, 0.6) is 11.5 Å². The van der Waals surface area contributed by atoms with E-state index >= 15 is 0 Å². The van der Waals surface area contributed by atoms with Crippen LogP contribution in [0.25, 0.3) is 6.08 Å². The van der Waals surface area contributed by atoms with Crippen molar-refractivity contribution < 1.29 is 23.8 Å². The van der Waals surface area contributed by atoms with Crippen LogP contribution in [0.2, 0.25) is 0 Å². The topological polar surface area (TPSA) is 73.9 Å². The van der Waals surface area contributed by atoms with Crippen molar-refractivity contribution in [2.45, 2.75) is 6.61 Å². The molecule has 0 aliphatic heterocycles. The number of allylic oxidation sites excluding steroid dienone is 1. The summed E-state index contributed by atoms with van der Waals surface area (Å²) in [6.07, 6.45) is 2.48. The summed E-state index contributed by atoms with van der Waals surface area (Å²) in [5.74, 6) is 1.07. The molecule has 0 atom stereocenters. The van der Waals surface area contributed by atoms with Crippen molar-refractivity contribution in [2.24, 2.45) is 0 Å². The lowest BCUT2D eigenvalue weighted by molar-refractivity contribution is 0.104. The molecule has 0 spiro atoms. The number of amides is 1. The number of rotatable bonds is 8. The molecule has 0 saturated carbocycles. The molecule has 3 rings (SSSR count). The Kier molecular flexibility index (Phi) is 7.43. The Hall–Kier alpha value is -4.06. The predicted molar refractivity (Wildman–Crippen MR) is 120 cm³/mol. The molecule has 0 radical (unpaired) electrons. The van der Waals surface area contributed by atoms with Crippen molar-refractivity contribution in [3.63, 3.8) is 0 Å². The fourth-order valence-corrected chi connectivity index (χ4v) is 2.80. The third-order valence-corrected chi connectivity index (χ3v) is 4.50. The van der Waals surface area contributed by atoms with Crippen LogP contribution < -0.4 is 14.8 Å². The van der Waals surface area contributed by atoms with Crippen LogP contribution in [-0.4, -0.2) is 26.1 Å². The first-order chi connectivity index (χ1) is 15.1. The normalized spacial score (nSPS) is 10.5. The second kappa shape index (κ2) is 10.6. The predicted octanol–water partition coefficient (Wildman–Crippen LogP) is 5.35. The minimum atomic E-state index is -0.603. The van der Waals surface area contributed by atoms with Crippen LogP contribution >= 0.6 is 0 Å². The molecule has 0 unspecified atom stereocenters. The van der Waals surface area contributed by atoms with E-state index in [1.54, 1.807) is 55.7 Å². The second-order valence-electron chi connectivity index (χ2n) is 6.57. The van der Waals surface area contributed by atoms with Gasteiger partial charge in [0.05, 0.1) is 19.9 Å². The van der Waals surface area contributed by atoms with Gasteiger partial charge < -0.3 is 14.2 Å². The van der Waals surface area contributed by atoms with Gasteiger partial charge in [-0.15, -0.1) is 0 Å². The number of ether oxygens (including phenoxy) is 3. The number of anilines is 1. The van der Waals surface area contributed by atoms with Gasteiger partial charge in [-0.1, -0.05) is 30.3 Å². The zero-order valence-corrected chi connectivity index (χ0v) is 17.3. The van der Waals surface area contributed by atoms with Gasteiger partial charge in [0.1, 0.15) is 18.1 Å². The average molecular weight is 417 g/mol. The molecule has 0 fully saturated rings. The zero-order chi connectivity index (χ0) is 22.1. The Morgan fingerprint density at radius 1 is 0.871 bits per heavy atom. The van der Waals surface area contributed by atoms with E-state index in [-0.39, 0.29) is 12.4 Å². The first kappa shape index (κ1) is 21.6. The van der Waals surface area contributed by atoms with Crippen LogP contribution in [0, 0.1) is 0 Å². The average Bonchev–Trinajstić information content (AvgIpc) is 2.82. The Bertz CT molecular complexity index is 1060. The van der Waals surface area contributed by atoms with E-state index in [2.05, 4.69) is 5.32 Å². The zero-order valence-electron chi connectivity index (χ0n) is 17.3. The molecule has 0 heterocycles. The quantitative estimate of drug-likeness (QED) is 0.395. The maximum Gasteiger partial charge on any atom is 0.411 e. The van der Waals surface area contributed by atoms with Gasteiger partial charge in [-0.2, -0.15) is 0 Å². The van der Waals surface area contributed by atoms with Gasteiger partial charge in [-0.3, -0.25) is 10.1 Å². The lowest BCUT2D eigenvalue weighted by Crippen LogP contribution is -2.14. The summed E-state index contributed by atoms with van der Waals surface area (Å²) in [5.41, 5.74) is 2.52. The maximum atomic E-state index is 12.5. The summed E-state index contributed by atoms with van der Waals surface area (Å²) in [6, 6.07) is 21.4. The van der Waals surface area contributed by atoms with E-state index in [0.29, 0.717) is 28.3 Å². The smallest absolute Gasteiger partial charge is 0.411 e. The van der Waals surface area contributed by atoms with Gasteiger partial charge in [0, 0.05) is 11.6 Å². The first-order valence-corrected chi connectivity index (χ1v) is 9.61. The Labute approximate surface area is 181 Å². The van der Waals surface area contributed by atoms with E-state index < -0.39 is 6.09 Å². The van der Waals surface area contributed by atoms with Crippen molar-refractivity contribution in [3.05, 3.63) is 95.6 Å². The number of hydrogen-bond acceptors (Lipinski definition) is 5. The third-order valence-electron chi connectivity index (χ3n) is 4.50. The van der Waals surface area contributed by atoms with E-state index in [1.165, 1.54) is 13.2 Å². The monoisotopic (exact) mass is 417 g/mol. The van der Waals surface area contributed by atoms with Crippen molar-refractivity contribution in [3.8, 4) is 11.5 Å². The molecule has 158 valence electrons. The van der Waals surface area contributed by atoms with Crippen LogP contribution in [0.1, 0.15) is 21.5 Å². The largest absolute Gasteiger partial charge is 0.497 e. The number of hydrogen-bond donors (Lipinski definition) is 1. The van der Waals surface area contributed by atoms with Gasteiger partial charge in [-0.25, -0.2) is 4.79 Å². The van der Waals surface area contributed by atoms with Crippen molar-refractivity contribution in [2.75, 3.05) is 19.5 Å². The summed E-state index contributed by atoms with van der Waals surface area (Å²) in [4.78, 5) is 24.7. The molecular formula is C25H23NO5. The molecule has 0 saturated heterocycles. The highest BCUT2D eigenvalue weighted by molar-refractivity contribution is 6.07. The standard InChI is InChI=1S/C25H23NO5/c1-29-21-12-9-20(10-13-21)24(27)15-11-19-8-14-22(30-2)16-23(19)26-25(28)31-17-18-6-4-3-5-7-18/h3-16H,17H2,1-2H3,(H,26,28)/b15-11+. The summed E-state index contributed by atoms with van der Waals surface area (Å²) >= 11 is 0. The molecule has 3 aromatic rings. The third kappa shape index (κ3) is 6.21. The Balaban J connectivity index is 1.71. The van der Waals surface area contributed by atoms with Crippen molar-refractivity contribution in [1.29, 1.82) is 0 Å². The first-order valence-electron chi connectivity index (χ1n) is 9.61. The molecule has 31 heavy (non-hydrogen) atoms. The van der Waals surface area contributed by atoms with Crippen LogP contribution in [-0.2, 0) is 11.3 Å². The Morgan fingerprint density at radius 2 is 1.55 bits per heavy atom. The maximum absolute atomic E-state index is 12.5. The highest BCUT2D eigenvalue weighted by atomic mass is 16.5. The van der Waals surface area contributed by atoms with Crippen LogP contribution in [0.15, 0.2) is 78.9 Å². The van der Waals surface area contributed by atoms with Crippen molar-refractivity contribution in [1.82, 2.24) is 0 Å². The molecular weight excluding hydrogens is 394 g/mol. The number of methoxy groups -OCH3 is 2. The van der Waals surface area contributed by atoms with Gasteiger partial charge in [-0.05, 0) is 59.7 Å². The van der Waals surface area contributed by atoms with Gasteiger partial charge in [0.2, 0.25) is 0 Å². The molecule has 1 amide bonds. The fourth-order valence-electron chi connectivity index (χ4n) is 2.80. The lowest BCUT2D eigenvalue weighted by atomic mass is 10.1. The number of benzene rings is 3. The molecule has 3 aromatic carbocycles. The minimum Gasteiger partial charge on any atom is -0.497 e. The summed E-state index contributed by atoms with van der Waals surface area (Å²) in [7, 11) is 3.11. The SMILES string of the molecule is COc1ccc(C(=O)/C=C/c2ccc(OC)cc2NC(=O)OCc2ccccc2)cc1. The molecule has 6 nitrogen and oxygen atoms in total. The number of ketones is 1. The molecule has 0 aliphatic rings. The molecule has 0 aromatic heterocycles. The Morgan fingerprint density at radius 3 is 2.23 bits per heavy atom. The van der Waals surface area contributed by atoms with Gasteiger partial charge in [0.15, 0.2) is 5.78 Å². The minimum absolute atomic E-state index is 0.151. The van der Waals surface area contributed by atoms with Crippen LogP contribution in [0.3, 0.4) is 0 Å². The van der Waals surface area contributed by atoms with E-state index in [9.17, 15) is 9.59 Å². The molecule has 6 heteroatoms. The number of carbonyl (C=O) groups is 2. The number of nitrogens with one attached hydrogen (secondary N) is 1. The van der Waals surface area contributed by atoms with Gasteiger partial charge in [0.25, 0.3) is 0 Å². The van der Waals surface area contributed by atoms with E-state index in [4.69, 9.17) is 14.2 Å². The second-order valence-corrected chi connectivity index (χ2v) is 6.57. The molecule has 0 bridgehead atoms. The van der Waals surface area contributed by atoms with Gasteiger partial charge >= 0.3 is 6.09 Å². The highest BCUT2D eigenvalue weighted by Gasteiger charge is 2.09. The van der Waals surface area contributed by atoms with Crippen molar-refractivity contribution >= 4 is 23.6 Å². The summed E-state index contributed by atoms with van der Waals surface area (Å²) in [5, 5.41) is 2.71. The lowest BCUT2D eigenvalue weighted by Gasteiger charge is -2.11. The molecule has 1 N–H and O–H groups in total. The fraction of sp³-hybridized carbons (Fsp3) is 0.120. The van der Waals surface area contributed by atoms with E-state index in [0.717, 1.165) is 5.56 Å². The molecule has 0 aliphatic carbocycles.